The number of rotatable bonds is 5. The number of hydrogen-bond acceptors (Lipinski definition) is 3. The minimum absolute atomic E-state index is 0. The molecule has 3 rings (SSSR count). The normalized spacial score (nSPS) is 22.0. The van der Waals surface area contributed by atoms with E-state index in [2.05, 4.69) is 35.1 Å². The summed E-state index contributed by atoms with van der Waals surface area (Å²) in [7, 11) is 0. The van der Waals surface area contributed by atoms with Gasteiger partial charge >= 0.3 is 0 Å². The first-order valence-electron chi connectivity index (χ1n) is 9.17. The molecule has 0 radical (unpaired) electrons. The van der Waals surface area contributed by atoms with Gasteiger partial charge in [-0.15, -0.1) is 24.0 Å². The third-order valence-electron chi connectivity index (χ3n) is 5.11. The average molecular weight is 458 g/mol. The highest BCUT2D eigenvalue weighted by molar-refractivity contribution is 14.0. The van der Waals surface area contributed by atoms with E-state index in [1.807, 2.05) is 18.2 Å². The number of aliphatic imine (C=N–C) groups is 1. The van der Waals surface area contributed by atoms with Gasteiger partial charge in [0, 0.05) is 18.0 Å². The second-order valence-corrected chi connectivity index (χ2v) is 7.15. The van der Waals surface area contributed by atoms with Crippen LogP contribution in [0.5, 0.6) is 5.75 Å². The van der Waals surface area contributed by atoms with E-state index in [-0.39, 0.29) is 30.0 Å². The van der Waals surface area contributed by atoms with Crippen molar-refractivity contribution in [1.29, 1.82) is 0 Å². The van der Waals surface area contributed by atoms with Crippen molar-refractivity contribution in [2.24, 2.45) is 16.6 Å². The van der Waals surface area contributed by atoms with Gasteiger partial charge in [-0.05, 0) is 37.9 Å². The molecule has 1 fully saturated rings. The molecule has 6 heteroatoms. The number of nitrogens with zero attached hydrogens (tertiary/aromatic N) is 2. The molecule has 0 aliphatic carbocycles. The molecule has 1 saturated heterocycles. The fraction of sp³-hybridized carbons (Fsp3) is 0.632. The summed E-state index contributed by atoms with van der Waals surface area (Å²) in [5, 5.41) is 3.39. The summed E-state index contributed by atoms with van der Waals surface area (Å²) in [6.07, 6.45) is 3.52. The van der Waals surface area contributed by atoms with Crippen molar-refractivity contribution in [3.8, 4) is 5.75 Å². The Kier molecular flexibility index (Phi) is 7.81. The fourth-order valence-electron chi connectivity index (χ4n) is 3.73. The number of nitrogens with two attached hydrogens (primary N) is 1. The number of para-hydroxylation sites is 1. The van der Waals surface area contributed by atoms with Crippen molar-refractivity contribution in [2.45, 2.75) is 45.2 Å². The van der Waals surface area contributed by atoms with Crippen LogP contribution in [0.1, 0.15) is 44.7 Å². The van der Waals surface area contributed by atoms with Gasteiger partial charge in [0.05, 0.1) is 19.2 Å². The molecule has 2 aliphatic heterocycles. The zero-order valence-electron chi connectivity index (χ0n) is 15.3. The van der Waals surface area contributed by atoms with Gasteiger partial charge in [-0.3, -0.25) is 9.89 Å². The number of guanidine groups is 1. The van der Waals surface area contributed by atoms with Crippen molar-refractivity contribution in [2.75, 3.05) is 26.2 Å². The molecule has 1 aromatic rings. The van der Waals surface area contributed by atoms with E-state index >= 15 is 0 Å². The quantitative estimate of drug-likeness (QED) is 0.404. The van der Waals surface area contributed by atoms with Crippen LogP contribution in [-0.4, -0.2) is 43.1 Å². The van der Waals surface area contributed by atoms with Crippen molar-refractivity contribution in [3.63, 3.8) is 0 Å². The molecule has 0 saturated carbocycles. The third kappa shape index (κ3) is 5.23. The first-order chi connectivity index (χ1) is 11.6. The minimum atomic E-state index is 0. The lowest BCUT2D eigenvalue weighted by molar-refractivity contribution is 0.197. The van der Waals surface area contributed by atoms with Crippen LogP contribution >= 0.6 is 24.0 Å². The molecule has 2 heterocycles. The number of likely N-dealkylation sites (tertiary alicyclic amines) is 1. The average Bonchev–Trinajstić information content (AvgIpc) is 3.09. The number of hydrogen-bond donors (Lipinski definition) is 2. The van der Waals surface area contributed by atoms with E-state index in [9.17, 15) is 0 Å². The molecule has 2 aliphatic rings. The van der Waals surface area contributed by atoms with Gasteiger partial charge in [0.15, 0.2) is 5.96 Å². The number of nitrogens with one attached hydrogen (secondary N) is 1. The maximum absolute atomic E-state index is 6.19. The second-order valence-electron chi connectivity index (χ2n) is 7.15. The number of halogens is 1. The molecule has 3 N–H and O–H groups in total. The lowest BCUT2D eigenvalue weighted by Gasteiger charge is -2.30. The van der Waals surface area contributed by atoms with Gasteiger partial charge in [-0.25, -0.2) is 0 Å². The van der Waals surface area contributed by atoms with Gasteiger partial charge < -0.3 is 15.8 Å². The molecule has 1 aromatic carbocycles. The Bertz CT molecular complexity index is 572. The Morgan fingerprint density at radius 2 is 2.04 bits per heavy atom. The third-order valence-corrected chi connectivity index (χ3v) is 5.11. The molecule has 0 aromatic heterocycles. The van der Waals surface area contributed by atoms with E-state index in [4.69, 9.17) is 10.5 Å². The first-order valence-corrected chi connectivity index (χ1v) is 9.17. The number of ether oxygens (including phenoxy) is 1. The zero-order chi connectivity index (χ0) is 16.9. The summed E-state index contributed by atoms with van der Waals surface area (Å²) in [5.74, 6) is 2.08. The molecular formula is C19H31IN4O. The molecule has 140 valence electrons. The van der Waals surface area contributed by atoms with Gasteiger partial charge in [0.25, 0.3) is 0 Å². The first kappa shape index (κ1) is 20.3. The van der Waals surface area contributed by atoms with Crippen molar-refractivity contribution < 1.29 is 4.74 Å². The predicted molar refractivity (Wildman–Crippen MR) is 114 cm³/mol. The SMILES string of the molecule is CC(C)C(CN=C(N)NC1CCOc2ccccc21)N1CCCC1.I. The maximum Gasteiger partial charge on any atom is 0.189 e. The summed E-state index contributed by atoms with van der Waals surface area (Å²) < 4.78 is 5.71. The Morgan fingerprint density at radius 1 is 1.32 bits per heavy atom. The number of benzene rings is 1. The van der Waals surface area contributed by atoms with Gasteiger partial charge in [-0.1, -0.05) is 32.0 Å². The van der Waals surface area contributed by atoms with Gasteiger partial charge in [0.1, 0.15) is 5.75 Å². The predicted octanol–water partition coefficient (Wildman–Crippen LogP) is 3.15. The van der Waals surface area contributed by atoms with Crippen molar-refractivity contribution in [1.82, 2.24) is 10.2 Å². The molecule has 0 spiro atoms. The monoisotopic (exact) mass is 458 g/mol. The van der Waals surface area contributed by atoms with Gasteiger partial charge in [-0.2, -0.15) is 0 Å². The van der Waals surface area contributed by atoms with Crippen LogP contribution in [0.2, 0.25) is 0 Å². The molecule has 0 amide bonds. The van der Waals surface area contributed by atoms with Crippen LogP contribution in [0.4, 0.5) is 0 Å². The summed E-state index contributed by atoms with van der Waals surface area (Å²) in [6.45, 7) is 8.41. The Morgan fingerprint density at radius 3 is 2.76 bits per heavy atom. The van der Waals surface area contributed by atoms with Gasteiger partial charge in [0.2, 0.25) is 0 Å². The topological polar surface area (TPSA) is 62.9 Å². The minimum Gasteiger partial charge on any atom is -0.493 e. The van der Waals surface area contributed by atoms with Crippen LogP contribution in [0.25, 0.3) is 0 Å². The van der Waals surface area contributed by atoms with Crippen LogP contribution in [0.15, 0.2) is 29.3 Å². The van der Waals surface area contributed by atoms with Crippen molar-refractivity contribution >= 4 is 29.9 Å². The summed E-state index contributed by atoms with van der Waals surface area (Å²) in [4.78, 5) is 7.22. The summed E-state index contributed by atoms with van der Waals surface area (Å²) in [6, 6.07) is 8.82. The Hall–Kier alpha value is -1.02. The lowest BCUT2D eigenvalue weighted by atomic mass is 10.0. The molecule has 5 nitrogen and oxygen atoms in total. The second kappa shape index (κ2) is 9.62. The summed E-state index contributed by atoms with van der Waals surface area (Å²) >= 11 is 0. The maximum atomic E-state index is 6.19. The number of fused-ring (bicyclic) bond motifs is 1. The van der Waals surface area contributed by atoms with E-state index in [1.54, 1.807) is 0 Å². The molecule has 2 atom stereocenters. The van der Waals surface area contributed by atoms with E-state index in [0.717, 1.165) is 18.7 Å². The molecular weight excluding hydrogens is 427 g/mol. The molecule has 2 unspecified atom stereocenters. The van der Waals surface area contributed by atoms with Crippen molar-refractivity contribution in [3.05, 3.63) is 29.8 Å². The Balaban J connectivity index is 0.00000225. The van der Waals surface area contributed by atoms with E-state index in [0.29, 0.717) is 24.5 Å². The van der Waals surface area contributed by atoms with Crippen LogP contribution < -0.4 is 15.8 Å². The van der Waals surface area contributed by atoms with Crippen LogP contribution in [0, 0.1) is 5.92 Å². The fourth-order valence-corrected chi connectivity index (χ4v) is 3.73. The van der Waals surface area contributed by atoms with E-state index < -0.39 is 0 Å². The van der Waals surface area contributed by atoms with E-state index in [1.165, 1.54) is 31.5 Å². The largest absolute Gasteiger partial charge is 0.493 e. The Labute approximate surface area is 168 Å². The lowest BCUT2D eigenvalue weighted by Crippen LogP contribution is -2.42. The van der Waals surface area contributed by atoms with Crippen LogP contribution in [-0.2, 0) is 0 Å². The zero-order valence-corrected chi connectivity index (χ0v) is 17.6. The highest BCUT2D eigenvalue weighted by Crippen LogP contribution is 2.31. The summed E-state index contributed by atoms with van der Waals surface area (Å²) in [5.41, 5.74) is 7.36. The molecule has 0 bridgehead atoms. The molecule has 25 heavy (non-hydrogen) atoms. The standard InChI is InChI=1S/C19H30N4O.HI/c1-14(2)17(23-10-5-6-11-23)13-21-19(20)22-16-9-12-24-18-8-4-3-7-15(16)18;/h3-4,7-8,14,16-17H,5-6,9-13H2,1-2H3,(H3,20,21,22);1H. The van der Waals surface area contributed by atoms with Crippen LogP contribution in [0.3, 0.4) is 0 Å². The smallest absolute Gasteiger partial charge is 0.189 e. The highest BCUT2D eigenvalue weighted by atomic mass is 127. The highest BCUT2D eigenvalue weighted by Gasteiger charge is 2.25.